The lowest BCUT2D eigenvalue weighted by molar-refractivity contribution is 0.0692. The van der Waals surface area contributed by atoms with Crippen molar-refractivity contribution in [1.82, 2.24) is 4.57 Å². The van der Waals surface area contributed by atoms with Gasteiger partial charge in [0.25, 0.3) is 0 Å². The van der Waals surface area contributed by atoms with Gasteiger partial charge in [0.15, 0.2) is 0 Å². The smallest absolute Gasteiger partial charge is 0.338 e. The zero-order chi connectivity index (χ0) is 26.7. The van der Waals surface area contributed by atoms with Crippen molar-refractivity contribution in [3.8, 4) is 11.1 Å². The van der Waals surface area contributed by atoms with Gasteiger partial charge in [-0.05, 0) is 64.6 Å². The van der Waals surface area contributed by atoms with Gasteiger partial charge in [-0.2, -0.15) is 4.91 Å². The van der Waals surface area contributed by atoms with Crippen LogP contribution in [-0.2, 0) is 7.05 Å². The van der Waals surface area contributed by atoms with Crippen LogP contribution < -0.4 is 5.56 Å². The predicted molar refractivity (Wildman–Crippen MR) is 137 cm³/mol. The monoisotopic (exact) mass is 522 g/mol. The van der Waals surface area contributed by atoms with Gasteiger partial charge in [-0.25, -0.2) is 13.6 Å². The first-order valence-corrected chi connectivity index (χ1v) is 11.6. The number of carbonyl (C=O) groups is 1. The molecule has 9 heteroatoms. The molecule has 0 bridgehead atoms. The molecule has 0 fully saturated rings. The number of carboxylic acid groups (broad SMARTS) is 1. The van der Waals surface area contributed by atoms with Crippen LogP contribution in [0.4, 0.5) is 8.78 Å². The molecule has 0 radical (unpaired) electrons. The van der Waals surface area contributed by atoms with E-state index < -0.39 is 35.1 Å². The van der Waals surface area contributed by atoms with Crippen molar-refractivity contribution in [2.45, 2.75) is 18.4 Å². The van der Waals surface area contributed by atoms with E-state index in [4.69, 9.17) is 16.7 Å². The highest BCUT2D eigenvalue weighted by Gasteiger charge is 2.25. The summed E-state index contributed by atoms with van der Waals surface area (Å²) in [5.74, 6) is -3.35. The maximum atomic E-state index is 15.0. The second-order valence-electron chi connectivity index (χ2n) is 8.61. The number of rotatable bonds is 8. The van der Waals surface area contributed by atoms with Crippen LogP contribution in [0, 0.1) is 16.5 Å². The summed E-state index contributed by atoms with van der Waals surface area (Å²) in [6.45, 7) is 0. The quantitative estimate of drug-likeness (QED) is 0.260. The van der Waals surface area contributed by atoms with Crippen molar-refractivity contribution in [2.75, 3.05) is 0 Å². The van der Waals surface area contributed by atoms with Crippen LogP contribution in [0.5, 0.6) is 0 Å². The van der Waals surface area contributed by atoms with Crippen molar-refractivity contribution >= 4 is 17.6 Å². The second-order valence-corrected chi connectivity index (χ2v) is 9.05. The molecule has 0 spiro atoms. The number of pyridine rings is 1. The number of halogens is 3. The third-order valence-corrected chi connectivity index (χ3v) is 6.50. The Bertz CT molecular complexity index is 1540. The zero-order valence-corrected chi connectivity index (χ0v) is 20.3. The van der Waals surface area contributed by atoms with Gasteiger partial charge < -0.3 is 9.67 Å². The standard InChI is InChI=1S/C28H21ClF2N2O4/c1-33-15-19(7-11-27(33)34)26(32-37)14-23(21-10-8-20(29)13-25(21)31)17-4-2-16(3-5-17)18-6-9-22(28(35)36)24(30)12-18/h2-13,15,23,26H,14H2,1H3,(H,35,36)/t23-,26?/m1/s1. The topological polar surface area (TPSA) is 88.7 Å². The molecule has 188 valence electrons. The summed E-state index contributed by atoms with van der Waals surface area (Å²) in [5.41, 5.74) is 1.93. The second kappa shape index (κ2) is 10.8. The van der Waals surface area contributed by atoms with Crippen LogP contribution in [0.1, 0.15) is 45.4 Å². The average Bonchev–Trinajstić information content (AvgIpc) is 2.87. The van der Waals surface area contributed by atoms with Crippen molar-refractivity contribution in [3.05, 3.63) is 133 Å². The SMILES string of the molecule is Cn1cc(C(C[C@H](c2ccc(-c3ccc(C(=O)O)c(F)c3)cc2)c2ccc(Cl)cc2F)N=O)ccc1=O. The molecular weight excluding hydrogens is 502 g/mol. The fourth-order valence-corrected chi connectivity index (χ4v) is 4.44. The Morgan fingerprint density at radius 1 is 0.946 bits per heavy atom. The molecule has 0 saturated heterocycles. The normalized spacial score (nSPS) is 12.6. The molecular formula is C28H21ClF2N2O4. The summed E-state index contributed by atoms with van der Waals surface area (Å²) < 4.78 is 30.6. The lowest BCUT2D eigenvalue weighted by atomic mass is 9.84. The minimum absolute atomic E-state index is 0.113. The summed E-state index contributed by atoms with van der Waals surface area (Å²) >= 11 is 5.95. The van der Waals surface area contributed by atoms with Gasteiger partial charge in [0.1, 0.15) is 17.7 Å². The molecule has 3 aromatic carbocycles. The highest BCUT2D eigenvalue weighted by molar-refractivity contribution is 6.30. The third kappa shape index (κ3) is 5.65. The molecule has 1 aromatic heterocycles. The van der Waals surface area contributed by atoms with Crippen molar-refractivity contribution < 1.29 is 18.7 Å². The third-order valence-electron chi connectivity index (χ3n) is 6.26. The molecule has 1 heterocycles. The van der Waals surface area contributed by atoms with E-state index >= 15 is 4.39 Å². The van der Waals surface area contributed by atoms with Gasteiger partial charge in [-0.3, -0.25) is 4.79 Å². The molecule has 4 aromatic rings. The summed E-state index contributed by atoms with van der Waals surface area (Å²) in [6.07, 6.45) is 1.64. The Morgan fingerprint density at radius 3 is 2.22 bits per heavy atom. The Morgan fingerprint density at radius 2 is 1.62 bits per heavy atom. The zero-order valence-electron chi connectivity index (χ0n) is 19.6. The Hall–Kier alpha value is -4.17. The molecule has 0 saturated carbocycles. The molecule has 1 unspecified atom stereocenters. The van der Waals surface area contributed by atoms with E-state index in [0.29, 0.717) is 27.8 Å². The van der Waals surface area contributed by atoms with Crippen LogP contribution in [0.3, 0.4) is 0 Å². The number of nitroso groups, excluding NO2 is 1. The van der Waals surface area contributed by atoms with E-state index in [0.717, 1.165) is 6.07 Å². The van der Waals surface area contributed by atoms with Crippen LogP contribution in [0.15, 0.2) is 89.0 Å². The molecule has 0 amide bonds. The minimum Gasteiger partial charge on any atom is -0.478 e. The van der Waals surface area contributed by atoms with E-state index in [1.54, 1.807) is 43.4 Å². The Kier molecular flexibility index (Phi) is 7.59. The number of hydrogen-bond donors (Lipinski definition) is 1. The summed E-state index contributed by atoms with van der Waals surface area (Å²) in [6, 6.07) is 17.0. The maximum Gasteiger partial charge on any atom is 0.338 e. The highest BCUT2D eigenvalue weighted by Crippen LogP contribution is 2.38. The number of carboxylic acids is 1. The van der Waals surface area contributed by atoms with E-state index in [-0.39, 0.29) is 17.0 Å². The maximum absolute atomic E-state index is 15.0. The number of aromatic nitrogens is 1. The first kappa shape index (κ1) is 25.9. The van der Waals surface area contributed by atoms with Crippen molar-refractivity contribution in [1.29, 1.82) is 0 Å². The van der Waals surface area contributed by atoms with Gasteiger partial charge in [0.05, 0.1) is 5.56 Å². The van der Waals surface area contributed by atoms with Gasteiger partial charge >= 0.3 is 5.97 Å². The van der Waals surface area contributed by atoms with Gasteiger partial charge in [-0.15, -0.1) is 0 Å². The summed E-state index contributed by atoms with van der Waals surface area (Å²) in [5, 5.41) is 12.5. The Labute approximate surface area is 215 Å². The minimum atomic E-state index is -1.36. The van der Waals surface area contributed by atoms with Crippen LogP contribution >= 0.6 is 11.6 Å². The molecule has 0 aliphatic heterocycles. The molecule has 1 N–H and O–H groups in total. The van der Waals surface area contributed by atoms with Crippen LogP contribution in [0.25, 0.3) is 11.1 Å². The predicted octanol–water partition coefficient (Wildman–Crippen LogP) is 6.71. The number of nitrogens with zero attached hydrogens (tertiary/aromatic N) is 2. The summed E-state index contributed by atoms with van der Waals surface area (Å²) in [4.78, 5) is 34.7. The number of hydrogen-bond acceptors (Lipinski definition) is 4. The van der Waals surface area contributed by atoms with E-state index in [9.17, 15) is 18.9 Å². The van der Waals surface area contributed by atoms with E-state index in [1.807, 2.05) is 0 Å². The fourth-order valence-electron chi connectivity index (χ4n) is 4.28. The van der Waals surface area contributed by atoms with Gasteiger partial charge in [0.2, 0.25) is 5.56 Å². The number of aryl methyl sites for hydroxylation is 1. The summed E-state index contributed by atoms with van der Waals surface area (Å²) in [7, 11) is 1.56. The van der Waals surface area contributed by atoms with E-state index in [1.165, 1.54) is 41.1 Å². The highest BCUT2D eigenvalue weighted by atomic mass is 35.5. The Balaban J connectivity index is 1.73. The molecule has 37 heavy (non-hydrogen) atoms. The fraction of sp³-hybridized carbons (Fsp3) is 0.143. The molecule has 0 aliphatic rings. The van der Waals surface area contributed by atoms with Gasteiger partial charge in [0, 0.05) is 30.3 Å². The first-order valence-electron chi connectivity index (χ1n) is 11.2. The van der Waals surface area contributed by atoms with E-state index in [2.05, 4.69) is 5.18 Å². The number of benzene rings is 3. The molecule has 6 nitrogen and oxygen atoms in total. The molecule has 4 rings (SSSR count). The average molecular weight is 523 g/mol. The van der Waals surface area contributed by atoms with Gasteiger partial charge in [-0.1, -0.05) is 53.2 Å². The first-order chi connectivity index (χ1) is 17.7. The van der Waals surface area contributed by atoms with Crippen molar-refractivity contribution in [2.24, 2.45) is 12.2 Å². The molecule has 2 atom stereocenters. The molecule has 0 aliphatic carbocycles. The van der Waals surface area contributed by atoms with Crippen LogP contribution in [-0.4, -0.2) is 15.6 Å². The largest absolute Gasteiger partial charge is 0.478 e. The lowest BCUT2D eigenvalue weighted by Gasteiger charge is -2.22. The number of aromatic carboxylic acids is 1. The lowest BCUT2D eigenvalue weighted by Crippen LogP contribution is -2.16. The van der Waals surface area contributed by atoms with Crippen molar-refractivity contribution in [3.63, 3.8) is 0 Å². The van der Waals surface area contributed by atoms with Crippen LogP contribution in [0.2, 0.25) is 5.02 Å².